The van der Waals surface area contributed by atoms with Gasteiger partial charge in [-0.1, -0.05) is 40.5 Å². The van der Waals surface area contributed by atoms with Crippen LogP contribution in [0.15, 0.2) is 29.6 Å². The van der Waals surface area contributed by atoms with Crippen LogP contribution in [0.2, 0.25) is 0 Å². The molecule has 1 saturated heterocycles. The molecule has 5 atom stereocenters. The van der Waals surface area contributed by atoms with E-state index in [2.05, 4.69) is 10.3 Å². The number of nitro groups is 1. The smallest absolute Gasteiger partial charge is 0.355 e. The summed E-state index contributed by atoms with van der Waals surface area (Å²) in [5.41, 5.74) is 0.605. The number of ether oxygens (including phenoxy) is 1. The number of aromatic carboxylic acids is 1. The number of hydrogen-bond acceptors (Lipinski definition) is 11. The summed E-state index contributed by atoms with van der Waals surface area (Å²) in [6, 6.07) is 4.22. The van der Waals surface area contributed by atoms with Crippen molar-refractivity contribution in [3.8, 4) is 0 Å². The van der Waals surface area contributed by atoms with Gasteiger partial charge in [-0.15, -0.1) is 11.3 Å². The van der Waals surface area contributed by atoms with E-state index in [1.54, 1.807) is 12.1 Å². The molecule has 1 fully saturated rings. The highest BCUT2D eigenvalue weighted by atomic mass is 32.1. The number of likely N-dealkylation sites (N-methyl/N-ethyl adjacent to an activating group) is 1. The summed E-state index contributed by atoms with van der Waals surface area (Å²) in [5, 5.41) is 37.2. The van der Waals surface area contributed by atoms with E-state index in [4.69, 9.17) is 9.57 Å². The number of hydroxylamine groups is 2. The van der Waals surface area contributed by atoms with Gasteiger partial charge < -0.3 is 20.3 Å². The van der Waals surface area contributed by atoms with E-state index in [9.17, 15) is 34.7 Å². The Labute approximate surface area is 285 Å². The van der Waals surface area contributed by atoms with Gasteiger partial charge in [0, 0.05) is 30.5 Å². The van der Waals surface area contributed by atoms with Crippen LogP contribution in [0, 0.1) is 22.0 Å². The Balaban J connectivity index is 1.77. The molecule has 0 bridgehead atoms. The Morgan fingerprint density at radius 2 is 1.90 bits per heavy atom. The number of aromatic nitrogens is 1. The second kappa shape index (κ2) is 18.9. The SMILES string of the molecule is CC[C@H](C)[C@H](NC(=O)[C@H]1CCCCN1C)C(=O)N(OCCCOCc1ccc([N+](=O)[O-])cc1)[C@H](C[C@@H](O)c1nc(C(=O)O)cs1)C(C)C. The zero-order valence-corrected chi connectivity index (χ0v) is 29.2. The molecular formula is C33H49N5O9S. The van der Waals surface area contributed by atoms with Gasteiger partial charge in [0.15, 0.2) is 5.69 Å². The number of amides is 2. The number of carbonyl (C=O) groups is 3. The summed E-state index contributed by atoms with van der Waals surface area (Å²) in [6.45, 7) is 9.06. The molecule has 3 N–H and O–H groups in total. The molecule has 1 aromatic heterocycles. The van der Waals surface area contributed by atoms with Crippen LogP contribution in [0.3, 0.4) is 0 Å². The second-order valence-electron chi connectivity index (χ2n) is 12.6. The molecule has 0 saturated carbocycles. The van der Waals surface area contributed by atoms with Gasteiger partial charge in [-0.2, -0.15) is 0 Å². The van der Waals surface area contributed by atoms with Gasteiger partial charge in [0.05, 0.1) is 30.2 Å². The van der Waals surface area contributed by atoms with Crippen LogP contribution in [0.1, 0.15) is 93.4 Å². The van der Waals surface area contributed by atoms with Crippen molar-refractivity contribution in [2.45, 2.75) is 97.1 Å². The summed E-state index contributed by atoms with van der Waals surface area (Å²) in [5.74, 6) is -2.25. The summed E-state index contributed by atoms with van der Waals surface area (Å²) in [7, 11) is 1.91. The Kier molecular flexibility index (Phi) is 15.3. The van der Waals surface area contributed by atoms with Crippen molar-refractivity contribution >= 4 is 34.8 Å². The first kappa shape index (κ1) is 38.9. The lowest BCUT2D eigenvalue weighted by Gasteiger charge is -2.38. The number of non-ortho nitro benzene ring substituents is 1. The number of nitrogens with zero attached hydrogens (tertiary/aromatic N) is 4. The first-order chi connectivity index (χ1) is 22.8. The Hall–Kier alpha value is -3.50. The number of thiazole rings is 1. The molecule has 0 unspecified atom stereocenters. The molecule has 15 heteroatoms. The minimum Gasteiger partial charge on any atom is -0.476 e. The number of carboxylic acid groups (broad SMARTS) is 1. The van der Waals surface area contributed by atoms with E-state index in [0.29, 0.717) is 19.3 Å². The number of nitro benzene ring substituents is 1. The van der Waals surface area contributed by atoms with Crippen molar-refractivity contribution in [1.29, 1.82) is 0 Å². The Morgan fingerprint density at radius 3 is 2.48 bits per heavy atom. The van der Waals surface area contributed by atoms with Gasteiger partial charge in [-0.05, 0) is 62.4 Å². The fraction of sp³-hybridized carbons (Fsp3) is 0.636. The highest BCUT2D eigenvalue weighted by Gasteiger charge is 2.39. The number of aliphatic hydroxyl groups excluding tert-OH is 1. The summed E-state index contributed by atoms with van der Waals surface area (Å²) < 4.78 is 5.74. The molecule has 266 valence electrons. The number of nitrogens with one attached hydrogen (secondary N) is 1. The molecule has 48 heavy (non-hydrogen) atoms. The van der Waals surface area contributed by atoms with Gasteiger partial charge in [-0.3, -0.25) is 29.4 Å². The van der Waals surface area contributed by atoms with Crippen molar-refractivity contribution in [2.75, 3.05) is 26.8 Å². The number of benzene rings is 1. The van der Waals surface area contributed by atoms with E-state index in [-0.39, 0.29) is 66.4 Å². The van der Waals surface area contributed by atoms with Crippen LogP contribution < -0.4 is 5.32 Å². The summed E-state index contributed by atoms with van der Waals surface area (Å²) in [6.07, 6.45) is 2.54. The lowest BCUT2D eigenvalue weighted by atomic mass is 9.93. The predicted octanol–water partition coefficient (Wildman–Crippen LogP) is 4.58. The number of aliphatic hydroxyl groups is 1. The maximum atomic E-state index is 14.4. The van der Waals surface area contributed by atoms with E-state index in [1.807, 2.05) is 39.6 Å². The largest absolute Gasteiger partial charge is 0.476 e. The zero-order valence-electron chi connectivity index (χ0n) is 28.4. The maximum Gasteiger partial charge on any atom is 0.355 e. The normalized spacial score (nSPS) is 17.8. The van der Waals surface area contributed by atoms with Gasteiger partial charge in [0.25, 0.3) is 11.6 Å². The van der Waals surface area contributed by atoms with Gasteiger partial charge >= 0.3 is 5.97 Å². The van der Waals surface area contributed by atoms with Crippen molar-refractivity contribution in [2.24, 2.45) is 11.8 Å². The predicted molar refractivity (Wildman–Crippen MR) is 179 cm³/mol. The van der Waals surface area contributed by atoms with Crippen LogP contribution in [0.25, 0.3) is 0 Å². The molecule has 0 radical (unpaired) electrons. The topological polar surface area (TPSA) is 185 Å². The standard InChI is InChI=1S/C33H49N5O9S/c1-6-22(4)29(35-30(40)26-10-7-8-15-36(26)5)32(41)37(27(21(2)3)18-28(39)31-34-25(20-48-31)33(42)43)47-17-9-16-46-19-23-11-13-24(14-12-23)38(44)45/h11-14,20-22,26-29,39H,6-10,15-19H2,1-5H3,(H,35,40)(H,42,43)/t22-,26+,27+,28+,29-/m0/s1. The third-order valence-corrected chi connectivity index (χ3v) is 9.65. The van der Waals surface area contributed by atoms with E-state index in [1.165, 1.54) is 22.6 Å². The third kappa shape index (κ3) is 11.0. The second-order valence-corrected chi connectivity index (χ2v) is 13.5. The average molecular weight is 692 g/mol. The molecule has 1 aromatic carbocycles. The summed E-state index contributed by atoms with van der Waals surface area (Å²) in [4.78, 5) is 61.9. The monoisotopic (exact) mass is 691 g/mol. The molecule has 0 aliphatic carbocycles. The zero-order chi connectivity index (χ0) is 35.4. The number of carbonyl (C=O) groups excluding carboxylic acids is 2. The third-order valence-electron chi connectivity index (χ3n) is 8.71. The number of rotatable bonds is 19. The number of hydrogen-bond donors (Lipinski definition) is 3. The molecule has 3 rings (SSSR count). The van der Waals surface area contributed by atoms with Crippen LogP contribution in [0.5, 0.6) is 0 Å². The van der Waals surface area contributed by atoms with Crippen LogP contribution in [-0.4, -0.2) is 92.8 Å². The van der Waals surface area contributed by atoms with Crippen LogP contribution in [-0.2, 0) is 25.8 Å². The molecule has 14 nitrogen and oxygen atoms in total. The number of piperidine rings is 1. The van der Waals surface area contributed by atoms with Crippen molar-refractivity contribution in [1.82, 2.24) is 20.3 Å². The van der Waals surface area contributed by atoms with Crippen molar-refractivity contribution < 1.29 is 39.1 Å². The average Bonchev–Trinajstić information content (AvgIpc) is 3.57. The first-order valence-electron chi connectivity index (χ1n) is 16.5. The highest BCUT2D eigenvalue weighted by Crippen LogP contribution is 2.29. The fourth-order valence-corrected chi connectivity index (χ4v) is 6.32. The number of likely N-dealkylation sites (tertiary alicyclic amines) is 1. The molecular weight excluding hydrogens is 642 g/mol. The van der Waals surface area contributed by atoms with Crippen LogP contribution in [0.4, 0.5) is 5.69 Å². The minimum absolute atomic E-state index is 0.00318. The van der Waals surface area contributed by atoms with E-state index < -0.39 is 35.0 Å². The molecule has 1 aliphatic heterocycles. The lowest BCUT2D eigenvalue weighted by Crippen LogP contribution is -2.58. The van der Waals surface area contributed by atoms with Gasteiger partial charge in [0.2, 0.25) is 5.91 Å². The van der Waals surface area contributed by atoms with E-state index in [0.717, 1.165) is 36.3 Å². The van der Waals surface area contributed by atoms with Gasteiger partial charge in [-0.25, -0.2) is 14.8 Å². The summed E-state index contributed by atoms with van der Waals surface area (Å²) >= 11 is 1.03. The van der Waals surface area contributed by atoms with Gasteiger partial charge in [0.1, 0.15) is 17.2 Å². The van der Waals surface area contributed by atoms with E-state index >= 15 is 0 Å². The Morgan fingerprint density at radius 1 is 1.19 bits per heavy atom. The van der Waals surface area contributed by atoms with Crippen molar-refractivity contribution in [3.63, 3.8) is 0 Å². The molecule has 2 aromatic rings. The van der Waals surface area contributed by atoms with Crippen molar-refractivity contribution in [3.05, 3.63) is 56.0 Å². The molecule has 2 heterocycles. The maximum absolute atomic E-state index is 14.4. The first-order valence-corrected chi connectivity index (χ1v) is 17.4. The molecule has 0 spiro atoms. The number of carboxylic acids is 1. The quantitative estimate of drug-likeness (QED) is 0.106. The highest BCUT2D eigenvalue weighted by molar-refractivity contribution is 7.09. The van der Waals surface area contributed by atoms with Crippen LogP contribution >= 0.6 is 11.3 Å². The lowest BCUT2D eigenvalue weighted by molar-refractivity contribution is -0.384. The molecule has 1 aliphatic rings. The Bertz CT molecular complexity index is 1360. The minimum atomic E-state index is -1.20. The molecule has 2 amide bonds. The fourth-order valence-electron chi connectivity index (χ4n) is 5.53.